The van der Waals surface area contributed by atoms with Crippen LogP contribution in [-0.2, 0) is 25.9 Å². The van der Waals surface area contributed by atoms with Crippen LogP contribution >= 0.6 is 0 Å². The lowest BCUT2D eigenvalue weighted by Crippen LogP contribution is -2.03. The summed E-state index contributed by atoms with van der Waals surface area (Å²) in [7, 11) is 0. The van der Waals surface area contributed by atoms with Crippen molar-refractivity contribution in [3.63, 3.8) is 0 Å². The molecule has 2 heterocycles. The van der Waals surface area contributed by atoms with E-state index in [4.69, 9.17) is 4.74 Å². The monoisotopic (exact) mass is 446 g/mol. The number of ether oxygens (including phenoxy) is 1. The summed E-state index contributed by atoms with van der Waals surface area (Å²) in [5.41, 5.74) is 4.82. The van der Waals surface area contributed by atoms with Crippen LogP contribution < -0.4 is 4.74 Å². The number of nitrogens with zero attached hydrogens (tertiary/aromatic N) is 4. The van der Waals surface area contributed by atoms with Gasteiger partial charge in [0.05, 0.1) is 5.69 Å². The number of benzene rings is 2. The molecule has 0 unspecified atom stereocenters. The van der Waals surface area contributed by atoms with Crippen molar-refractivity contribution in [2.45, 2.75) is 46.1 Å². The molecule has 0 aliphatic carbocycles. The Balaban J connectivity index is 1.45. The largest absolute Gasteiger partial charge is 0.489 e. The lowest BCUT2D eigenvalue weighted by molar-refractivity contribution is 0.0690. The van der Waals surface area contributed by atoms with Gasteiger partial charge in [-0.15, -0.1) is 10.2 Å². The molecule has 9 heteroatoms. The summed E-state index contributed by atoms with van der Waals surface area (Å²) < 4.78 is 6.03. The van der Waals surface area contributed by atoms with Crippen LogP contribution in [0.5, 0.6) is 5.75 Å². The molecule has 3 N–H and O–H groups in total. The average molecular weight is 447 g/mol. The van der Waals surface area contributed by atoms with Gasteiger partial charge in [0.2, 0.25) is 5.82 Å². The molecule has 0 aliphatic rings. The Morgan fingerprint density at radius 3 is 2.61 bits per heavy atom. The first kappa shape index (κ1) is 22.2. The van der Waals surface area contributed by atoms with Gasteiger partial charge in [-0.25, -0.2) is 9.78 Å². The Labute approximate surface area is 191 Å². The van der Waals surface area contributed by atoms with Crippen molar-refractivity contribution in [2.75, 3.05) is 0 Å². The van der Waals surface area contributed by atoms with Crippen molar-refractivity contribution >= 4 is 5.97 Å². The third-order valence-electron chi connectivity index (χ3n) is 5.43. The summed E-state index contributed by atoms with van der Waals surface area (Å²) in [5, 5.41) is 23.8. The molecular formula is C24H26N6O3. The van der Waals surface area contributed by atoms with Gasteiger partial charge in [-0.2, -0.15) is 5.21 Å². The average Bonchev–Trinajstić information content (AvgIpc) is 3.49. The van der Waals surface area contributed by atoms with Crippen LogP contribution in [0.15, 0.2) is 42.5 Å². The second-order valence-corrected chi connectivity index (χ2v) is 7.71. The number of tetrazole rings is 1. The van der Waals surface area contributed by atoms with Crippen molar-refractivity contribution in [2.24, 2.45) is 0 Å². The molecule has 0 fully saturated rings. The number of carbonyl (C=O) groups is 1. The van der Waals surface area contributed by atoms with Crippen LogP contribution in [-0.4, -0.2) is 41.7 Å². The molecule has 0 aliphatic heterocycles. The fourth-order valence-electron chi connectivity index (χ4n) is 3.87. The molecule has 4 rings (SSSR count). The lowest BCUT2D eigenvalue weighted by Gasteiger charge is -2.13. The first-order valence-corrected chi connectivity index (χ1v) is 11.0. The molecule has 4 aromatic rings. The van der Waals surface area contributed by atoms with Crippen LogP contribution in [0.3, 0.4) is 0 Å². The molecule has 2 aromatic carbocycles. The standard InChI is InChI=1S/C24H26N6O3/c1-3-6-21-25-20(22(26-21)24(31)32)13-15-9-11-17(12-10-15)33-14-16-7-5-8-19(18(16)4-2)23-27-29-30-28-23/h5,7-12H,3-4,6,13-14H2,1-2H3,(H,25,26)(H,31,32)(H,27,28,29,30). The van der Waals surface area contributed by atoms with E-state index in [0.29, 0.717) is 30.4 Å². The van der Waals surface area contributed by atoms with Gasteiger partial charge >= 0.3 is 5.97 Å². The summed E-state index contributed by atoms with van der Waals surface area (Å²) >= 11 is 0. The minimum atomic E-state index is -1.02. The highest BCUT2D eigenvalue weighted by Crippen LogP contribution is 2.25. The number of hydrogen-bond acceptors (Lipinski definition) is 6. The van der Waals surface area contributed by atoms with Crippen molar-refractivity contribution in [3.05, 3.63) is 76.4 Å². The lowest BCUT2D eigenvalue weighted by atomic mass is 9.99. The van der Waals surface area contributed by atoms with Crippen LogP contribution in [0.1, 0.15) is 59.0 Å². The maximum atomic E-state index is 11.5. The fourth-order valence-corrected chi connectivity index (χ4v) is 3.87. The number of aromatic nitrogens is 6. The van der Waals surface area contributed by atoms with Crippen molar-refractivity contribution in [3.8, 4) is 17.1 Å². The number of hydrogen-bond donors (Lipinski definition) is 3. The second-order valence-electron chi connectivity index (χ2n) is 7.71. The fraction of sp³-hybridized carbons (Fsp3) is 0.292. The zero-order chi connectivity index (χ0) is 23.2. The van der Waals surface area contributed by atoms with E-state index in [1.165, 1.54) is 0 Å². The number of aromatic carboxylic acids is 1. The molecule has 0 saturated heterocycles. The number of nitrogens with one attached hydrogen (secondary N) is 2. The smallest absolute Gasteiger partial charge is 0.356 e. The van der Waals surface area contributed by atoms with Gasteiger partial charge in [-0.3, -0.25) is 0 Å². The van der Waals surface area contributed by atoms with Crippen LogP contribution in [0.25, 0.3) is 11.4 Å². The van der Waals surface area contributed by atoms with E-state index in [1.54, 1.807) is 0 Å². The highest BCUT2D eigenvalue weighted by atomic mass is 16.5. The molecule has 9 nitrogen and oxygen atoms in total. The van der Waals surface area contributed by atoms with Gasteiger partial charge < -0.3 is 14.8 Å². The SMILES string of the molecule is CCCc1nc(C(=O)O)c(Cc2ccc(OCc3cccc(-c4nn[nH]n4)c3CC)cc2)[nH]1. The van der Waals surface area contributed by atoms with E-state index in [0.717, 1.165) is 47.3 Å². The van der Waals surface area contributed by atoms with Crippen molar-refractivity contribution < 1.29 is 14.6 Å². The Hall–Kier alpha value is -4.01. The predicted octanol–water partition coefficient (Wildman–Crippen LogP) is 3.97. The van der Waals surface area contributed by atoms with Crippen molar-refractivity contribution in [1.82, 2.24) is 30.6 Å². The highest BCUT2D eigenvalue weighted by Gasteiger charge is 2.17. The molecule has 0 radical (unpaired) electrons. The molecule has 0 spiro atoms. The van der Waals surface area contributed by atoms with E-state index < -0.39 is 5.97 Å². The molecule has 0 bridgehead atoms. The molecule has 0 amide bonds. The van der Waals surface area contributed by atoms with E-state index in [2.05, 4.69) is 37.5 Å². The van der Waals surface area contributed by atoms with Gasteiger partial charge in [-0.1, -0.05) is 44.2 Å². The summed E-state index contributed by atoms with van der Waals surface area (Å²) in [5.74, 6) is 0.998. The van der Waals surface area contributed by atoms with Crippen LogP contribution in [0, 0.1) is 0 Å². The van der Waals surface area contributed by atoms with E-state index in [9.17, 15) is 9.90 Å². The normalized spacial score (nSPS) is 11.0. The maximum Gasteiger partial charge on any atom is 0.356 e. The Morgan fingerprint density at radius 2 is 1.94 bits per heavy atom. The number of aromatic amines is 2. The zero-order valence-electron chi connectivity index (χ0n) is 18.6. The Morgan fingerprint density at radius 1 is 1.12 bits per heavy atom. The molecule has 170 valence electrons. The third kappa shape index (κ3) is 5.08. The van der Waals surface area contributed by atoms with Crippen LogP contribution in [0.4, 0.5) is 0 Å². The van der Waals surface area contributed by atoms with Gasteiger partial charge in [-0.05, 0) is 46.9 Å². The molecular weight excluding hydrogens is 420 g/mol. The zero-order valence-corrected chi connectivity index (χ0v) is 18.6. The van der Waals surface area contributed by atoms with Gasteiger partial charge in [0.25, 0.3) is 0 Å². The topological polar surface area (TPSA) is 130 Å². The molecule has 33 heavy (non-hydrogen) atoms. The summed E-state index contributed by atoms with van der Waals surface area (Å²) in [6, 6.07) is 13.7. The number of carboxylic acids is 1. The van der Waals surface area contributed by atoms with E-state index in [1.807, 2.05) is 49.4 Å². The number of aryl methyl sites for hydroxylation is 1. The number of H-pyrrole nitrogens is 2. The summed E-state index contributed by atoms with van der Waals surface area (Å²) in [4.78, 5) is 18.9. The quantitative estimate of drug-likeness (QED) is 0.336. The Kier molecular flexibility index (Phi) is 6.77. The number of imidazole rings is 1. The summed E-state index contributed by atoms with van der Waals surface area (Å²) in [6.07, 6.45) is 2.90. The van der Waals surface area contributed by atoms with Gasteiger partial charge in [0.15, 0.2) is 5.69 Å². The summed E-state index contributed by atoms with van der Waals surface area (Å²) in [6.45, 7) is 4.54. The number of rotatable bonds is 10. The van der Waals surface area contributed by atoms with Gasteiger partial charge in [0, 0.05) is 18.4 Å². The minimum absolute atomic E-state index is 0.0901. The molecule has 0 atom stereocenters. The van der Waals surface area contributed by atoms with E-state index in [-0.39, 0.29) is 5.69 Å². The predicted molar refractivity (Wildman–Crippen MR) is 122 cm³/mol. The third-order valence-corrected chi connectivity index (χ3v) is 5.43. The highest BCUT2D eigenvalue weighted by molar-refractivity contribution is 5.86. The maximum absolute atomic E-state index is 11.5. The van der Waals surface area contributed by atoms with Crippen molar-refractivity contribution in [1.29, 1.82) is 0 Å². The second kappa shape index (κ2) is 10.1. The van der Waals surface area contributed by atoms with Gasteiger partial charge in [0.1, 0.15) is 18.2 Å². The number of carboxylic acid groups (broad SMARTS) is 1. The Bertz CT molecular complexity index is 1220. The molecule has 2 aromatic heterocycles. The minimum Gasteiger partial charge on any atom is -0.489 e. The molecule has 0 saturated carbocycles. The first-order chi connectivity index (χ1) is 16.1. The van der Waals surface area contributed by atoms with E-state index >= 15 is 0 Å². The first-order valence-electron chi connectivity index (χ1n) is 11.0. The van der Waals surface area contributed by atoms with Crippen LogP contribution in [0.2, 0.25) is 0 Å².